The summed E-state index contributed by atoms with van der Waals surface area (Å²) in [7, 11) is 0. The molecule has 0 aliphatic rings. The zero-order chi connectivity index (χ0) is 20.5. The summed E-state index contributed by atoms with van der Waals surface area (Å²) < 4.78 is 139. The van der Waals surface area contributed by atoms with Crippen LogP contribution in [0.2, 0.25) is 0 Å². The van der Waals surface area contributed by atoms with E-state index in [2.05, 4.69) is 0 Å². The zero-order valence-corrected chi connectivity index (χ0v) is 12.3. The van der Waals surface area contributed by atoms with Gasteiger partial charge in [-0.15, -0.1) is 11.6 Å². The third kappa shape index (κ3) is 4.57. The molecule has 0 aliphatic carbocycles. The van der Waals surface area contributed by atoms with Crippen LogP contribution in [0.25, 0.3) is 0 Å². The van der Waals surface area contributed by atoms with Gasteiger partial charge in [0, 0.05) is 12.8 Å². The Morgan fingerprint density at radius 2 is 1.24 bits per heavy atom. The van der Waals surface area contributed by atoms with Gasteiger partial charge in [0.2, 0.25) is 0 Å². The van der Waals surface area contributed by atoms with Crippen LogP contribution in [0, 0.1) is 28.1 Å². The van der Waals surface area contributed by atoms with Crippen LogP contribution >= 0.6 is 11.6 Å². The van der Waals surface area contributed by atoms with Crippen LogP contribution in [0.4, 0.5) is 48.3 Å². The van der Waals surface area contributed by atoms with E-state index in [1.807, 2.05) is 0 Å². The van der Waals surface area contributed by atoms with E-state index in [-0.39, 0.29) is 0 Å². The lowest BCUT2D eigenvalue weighted by molar-refractivity contribution is -0.342. The summed E-state index contributed by atoms with van der Waals surface area (Å²) in [5.74, 6) is -19.5. The molecule has 0 aliphatic heterocycles. The molecule has 2 nitrogen and oxygen atoms in total. The molecule has 1 atom stereocenters. The van der Waals surface area contributed by atoms with E-state index in [0.29, 0.717) is 12.1 Å². The zero-order valence-electron chi connectivity index (χ0n) is 11.5. The molecule has 144 valence electrons. The van der Waals surface area contributed by atoms with Gasteiger partial charge in [0.05, 0.1) is 12.1 Å². The first-order valence-electron chi connectivity index (χ1n) is 5.85. The van der Waals surface area contributed by atoms with E-state index in [1.54, 1.807) is 0 Å². The van der Waals surface area contributed by atoms with Crippen LogP contribution < -0.4 is 0 Å². The van der Waals surface area contributed by atoms with Gasteiger partial charge in [-0.2, -0.15) is 50.0 Å². The average molecular weight is 411 g/mol. The summed E-state index contributed by atoms with van der Waals surface area (Å²) in [6, 6.07) is 1.17. The molecule has 0 aromatic carbocycles. The fraction of sp³-hybridized carbons (Fsp3) is 0.818. The van der Waals surface area contributed by atoms with Crippen molar-refractivity contribution < 1.29 is 48.3 Å². The Labute approximate surface area is 137 Å². The van der Waals surface area contributed by atoms with Crippen molar-refractivity contribution in [3.05, 3.63) is 0 Å². The van der Waals surface area contributed by atoms with Crippen LogP contribution in [0.3, 0.4) is 0 Å². The van der Waals surface area contributed by atoms with E-state index in [1.165, 1.54) is 0 Å². The standard InChI is InChI=1S/C11H6ClF11N2/c12-5(10(19,20)21)1-7(3-24,4-25)2-8(15,16)11(22,23)9(17,18)6(13)14/h5-6H,1-2H2. The maximum Gasteiger partial charge on any atom is 0.405 e. The molecule has 0 heterocycles. The van der Waals surface area contributed by atoms with E-state index < -0.39 is 54.0 Å². The maximum atomic E-state index is 13.5. The lowest BCUT2D eigenvalue weighted by Gasteiger charge is -2.35. The Kier molecular flexibility index (Phi) is 6.60. The molecule has 0 radical (unpaired) electrons. The molecule has 1 unspecified atom stereocenters. The lowest BCUT2D eigenvalue weighted by Crippen LogP contribution is -2.58. The van der Waals surface area contributed by atoms with E-state index in [0.717, 1.165) is 0 Å². The average Bonchev–Trinajstić information content (AvgIpc) is 2.44. The van der Waals surface area contributed by atoms with Crippen LogP contribution in [0.1, 0.15) is 12.8 Å². The predicted octanol–water partition coefficient (Wildman–Crippen LogP) is 5.14. The molecular weight excluding hydrogens is 405 g/mol. The number of hydrogen-bond donors (Lipinski definition) is 0. The van der Waals surface area contributed by atoms with Gasteiger partial charge in [-0.1, -0.05) is 0 Å². The minimum atomic E-state index is -6.76. The van der Waals surface area contributed by atoms with Crippen molar-refractivity contribution in [2.24, 2.45) is 5.41 Å². The number of halogens is 12. The van der Waals surface area contributed by atoms with Gasteiger partial charge in [-0.05, 0) is 0 Å². The van der Waals surface area contributed by atoms with Gasteiger partial charge in [0.25, 0.3) is 0 Å². The van der Waals surface area contributed by atoms with Gasteiger partial charge < -0.3 is 0 Å². The summed E-state index contributed by atoms with van der Waals surface area (Å²) in [6.07, 6.45) is -15.4. The van der Waals surface area contributed by atoms with E-state index in [9.17, 15) is 48.3 Å². The lowest BCUT2D eigenvalue weighted by atomic mass is 9.78. The summed E-state index contributed by atoms with van der Waals surface area (Å²) in [5.41, 5.74) is -3.59. The van der Waals surface area contributed by atoms with E-state index >= 15 is 0 Å². The smallest absolute Gasteiger partial charge is 0.203 e. The van der Waals surface area contributed by atoms with Crippen molar-refractivity contribution in [2.75, 3.05) is 0 Å². The first-order valence-corrected chi connectivity index (χ1v) is 6.29. The Balaban J connectivity index is 5.88. The van der Waals surface area contributed by atoms with E-state index in [4.69, 9.17) is 22.1 Å². The molecule has 0 fully saturated rings. The van der Waals surface area contributed by atoms with Gasteiger partial charge in [-0.25, -0.2) is 8.78 Å². The summed E-state index contributed by atoms with van der Waals surface area (Å²) in [5, 5.41) is 14.1. The number of hydrogen-bond acceptors (Lipinski definition) is 2. The Hall–Kier alpha value is -1.50. The molecule has 0 saturated carbocycles. The molecule has 0 amide bonds. The minimum absolute atomic E-state index is 0.586. The van der Waals surface area contributed by atoms with Crippen LogP contribution in [0.15, 0.2) is 0 Å². The molecule has 0 N–H and O–H groups in total. The highest BCUT2D eigenvalue weighted by Crippen LogP contribution is 2.53. The SMILES string of the molecule is N#CC(C#N)(CC(Cl)C(F)(F)F)CC(F)(F)C(F)(F)C(F)(F)C(F)F. The first kappa shape index (κ1) is 23.5. The van der Waals surface area contributed by atoms with Crippen molar-refractivity contribution in [1.82, 2.24) is 0 Å². The second-order valence-corrected chi connectivity index (χ2v) is 5.43. The molecule has 0 saturated heterocycles. The Bertz CT molecular complexity index is 544. The summed E-state index contributed by atoms with van der Waals surface area (Å²) >= 11 is 4.75. The van der Waals surface area contributed by atoms with Crippen LogP contribution in [-0.2, 0) is 0 Å². The van der Waals surface area contributed by atoms with Crippen molar-refractivity contribution in [3.8, 4) is 12.1 Å². The second kappa shape index (κ2) is 7.02. The van der Waals surface area contributed by atoms with Crippen molar-refractivity contribution >= 4 is 11.6 Å². The highest BCUT2D eigenvalue weighted by atomic mass is 35.5. The van der Waals surface area contributed by atoms with Crippen molar-refractivity contribution in [3.63, 3.8) is 0 Å². The Morgan fingerprint density at radius 3 is 1.52 bits per heavy atom. The molecule has 0 bridgehead atoms. The largest absolute Gasteiger partial charge is 0.405 e. The molecule has 14 heteroatoms. The topological polar surface area (TPSA) is 47.6 Å². The fourth-order valence-electron chi connectivity index (χ4n) is 1.56. The Morgan fingerprint density at radius 1 is 0.840 bits per heavy atom. The third-order valence-corrected chi connectivity index (χ3v) is 3.39. The molecule has 0 aromatic heterocycles. The monoisotopic (exact) mass is 410 g/mol. The maximum absolute atomic E-state index is 13.5. The first-order chi connectivity index (χ1) is 10.9. The van der Waals surface area contributed by atoms with Crippen molar-refractivity contribution in [2.45, 2.75) is 48.6 Å². The highest BCUT2D eigenvalue weighted by Gasteiger charge is 2.76. The summed E-state index contributed by atoms with van der Waals surface area (Å²) in [4.78, 5) is 0. The van der Waals surface area contributed by atoms with Gasteiger partial charge in [0.15, 0.2) is 5.41 Å². The van der Waals surface area contributed by atoms with Crippen molar-refractivity contribution in [1.29, 1.82) is 10.5 Å². The van der Waals surface area contributed by atoms with Gasteiger partial charge in [0.1, 0.15) is 5.38 Å². The molecule has 25 heavy (non-hydrogen) atoms. The van der Waals surface area contributed by atoms with Gasteiger partial charge in [-0.3, -0.25) is 0 Å². The molecule has 0 rings (SSSR count). The summed E-state index contributed by atoms with van der Waals surface area (Å²) in [6.45, 7) is 0. The number of alkyl halides is 12. The van der Waals surface area contributed by atoms with Crippen LogP contribution in [-0.4, -0.2) is 35.7 Å². The van der Waals surface area contributed by atoms with Gasteiger partial charge >= 0.3 is 30.4 Å². The number of rotatable bonds is 7. The number of nitriles is 2. The molecule has 0 spiro atoms. The third-order valence-electron chi connectivity index (χ3n) is 2.99. The second-order valence-electron chi connectivity index (χ2n) is 4.90. The predicted molar refractivity (Wildman–Crippen MR) is 59.4 cm³/mol. The normalized spacial score (nSPS) is 15.6. The minimum Gasteiger partial charge on any atom is -0.203 e. The fourth-order valence-corrected chi connectivity index (χ4v) is 1.82. The molecule has 0 aromatic rings. The van der Waals surface area contributed by atoms with Crippen LogP contribution in [0.5, 0.6) is 0 Å². The molecular formula is C11H6ClF11N2. The number of nitrogens with zero attached hydrogens (tertiary/aromatic N) is 2. The quantitative estimate of drug-likeness (QED) is 0.431. The highest BCUT2D eigenvalue weighted by molar-refractivity contribution is 6.21.